The maximum atomic E-state index is 5.39. The second-order valence-corrected chi connectivity index (χ2v) is 15.0. The van der Waals surface area contributed by atoms with Crippen molar-refractivity contribution in [3.8, 4) is 67.5 Å². The lowest BCUT2D eigenvalue weighted by Crippen LogP contribution is -2.25. The monoisotopic (exact) mass is 723 g/mol. The van der Waals surface area contributed by atoms with E-state index in [0.717, 1.165) is 38.4 Å². The highest BCUT2D eigenvalue weighted by molar-refractivity contribution is 6.22. The lowest BCUT2D eigenvalue weighted by molar-refractivity contribution is 0.794. The highest BCUT2D eigenvalue weighted by Crippen LogP contribution is 2.64. The van der Waals surface area contributed by atoms with E-state index in [4.69, 9.17) is 15.0 Å². The van der Waals surface area contributed by atoms with Crippen LogP contribution in [0.4, 0.5) is 0 Å². The van der Waals surface area contributed by atoms with Crippen molar-refractivity contribution in [1.29, 1.82) is 0 Å². The van der Waals surface area contributed by atoms with E-state index in [2.05, 4.69) is 164 Å². The Morgan fingerprint density at radius 2 is 0.632 bits per heavy atom. The summed E-state index contributed by atoms with van der Waals surface area (Å²) < 4.78 is 0. The molecule has 0 radical (unpaired) electrons. The molecule has 0 atom stereocenters. The summed E-state index contributed by atoms with van der Waals surface area (Å²) in [5.41, 5.74) is 15.1. The van der Waals surface area contributed by atoms with Gasteiger partial charge in [0.25, 0.3) is 0 Å². The molecule has 0 saturated carbocycles. The molecule has 3 heteroatoms. The minimum atomic E-state index is -0.462. The number of hydrogen-bond acceptors (Lipinski definition) is 3. The zero-order chi connectivity index (χ0) is 37.5. The quantitative estimate of drug-likeness (QED) is 0.170. The van der Waals surface area contributed by atoms with Crippen molar-refractivity contribution in [2.24, 2.45) is 0 Å². The molecule has 0 bridgehead atoms. The zero-order valence-corrected chi connectivity index (χ0v) is 30.9. The Labute approximate surface area is 330 Å². The van der Waals surface area contributed by atoms with Gasteiger partial charge in [0, 0.05) is 22.3 Å². The molecular weight excluding hydrogens is 691 g/mol. The third-order valence-corrected chi connectivity index (χ3v) is 12.1. The van der Waals surface area contributed by atoms with Crippen molar-refractivity contribution in [1.82, 2.24) is 15.0 Å². The first kappa shape index (κ1) is 31.8. The van der Waals surface area contributed by atoms with Crippen LogP contribution in [-0.4, -0.2) is 15.0 Å². The van der Waals surface area contributed by atoms with E-state index in [0.29, 0.717) is 17.5 Å². The van der Waals surface area contributed by atoms with Crippen molar-refractivity contribution in [2.45, 2.75) is 5.41 Å². The van der Waals surface area contributed by atoms with Gasteiger partial charge in [-0.15, -0.1) is 0 Å². The van der Waals surface area contributed by atoms with Crippen LogP contribution >= 0.6 is 0 Å². The van der Waals surface area contributed by atoms with Gasteiger partial charge < -0.3 is 0 Å². The van der Waals surface area contributed by atoms with E-state index in [9.17, 15) is 0 Å². The van der Waals surface area contributed by atoms with Crippen LogP contribution in [0.15, 0.2) is 200 Å². The predicted molar refractivity (Wildman–Crippen MR) is 233 cm³/mol. The molecule has 0 unspecified atom stereocenters. The molecule has 3 nitrogen and oxygen atoms in total. The Morgan fingerprint density at radius 1 is 0.246 bits per heavy atom. The van der Waals surface area contributed by atoms with Gasteiger partial charge in [-0.3, -0.25) is 0 Å². The van der Waals surface area contributed by atoms with Gasteiger partial charge in [-0.05, 0) is 71.6 Å². The first-order chi connectivity index (χ1) is 28.3. The number of fused-ring (bicyclic) bond motifs is 13. The van der Waals surface area contributed by atoms with Crippen LogP contribution < -0.4 is 0 Å². The Kier molecular flexibility index (Phi) is 6.84. The number of rotatable bonds is 4. The Hall–Kier alpha value is -7.49. The minimum Gasteiger partial charge on any atom is -0.208 e. The molecule has 0 saturated heterocycles. The van der Waals surface area contributed by atoms with Gasteiger partial charge >= 0.3 is 0 Å². The first-order valence-electron chi connectivity index (χ1n) is 19.5. The van der Waals surface area contributed by atoms with E-state index in [1.807, 2.05) is 36.4 Å². The summed E-state index contributed by atoms with van der Waals surface area (Å²) >= 11 is 0. The van der Waals surface area contributed by atoms with Crippen molar-refractivity contribution in [3.05, 3.63) is 222 Å². The summed E-state index contributed by atoms with van der Waals surface area (Å²) in [6.07, 6.45) is 0. The van der Waals surface area contributed by atoms with Crippen molar-refractivity contribution < 1.29 is 0 Å². The topological polar surface area (TPSA) is 38.7 Å². The fourth-order valence-corrected chi connectivity index (χ4v) is 9.93. The minimum absolute atomic E-state index is 0.462. The third kappa shape index (κ3) is 4.45. The van der Waals surface area contributed by atoms with Gasteiger partial charge in [0.1, 0.15) is 0 Å². The van der Waals surface area contributed by atoms with E-state index >= 15 is 0 Å². The predicted octanol–water partition coefficient (Wildman–Crippen LogP) is 13.2. The molecule has 264 valence electrons. The first-order valence-corrected chi connectivity index (χ1v) is 19.5. The van der Waals surface area contributed by atoms with Crippen LogP contribution in [0.2, 0.25) is 0 Å². The molecule has 2 aliphatic rings. The van der Waals surface area contributed by atoms with Crippen LogP contribution in [0.25, 0.3) is 89.1 Å². The van der Waals surface area contributed by atoms with Crippen LogP contribution in [0.5, 0.6) is 0 Å². The lowest BCUT2D eigenvalue weighted by atomic mass is 9.70. The summed E-state index contributed by atoms with van der Waals surface area (Å²) in [7, 11) is 0. The molecule has 1 heterocycles. The van der Waals surface area contributed by atoms with Crippen LogP contribution in [0.1, 0.15) is 22.3 Å². The summed E-state index contributed by atoms with van der Waals surface area (Å²) in [5, 5.41) is 4.62. The molecular formula is C54H33N3. The molecule has 0 aliphatic heterocycles. The van der Waals surface area contributed by atoms with Gasteiger partial charge in [0.15, 0.2) is 17.5 Å². The van der Waals surface area contributed by atoms with Gasteiger partial charge in [-0.25, -0.2) is 15.0 Å². The maximum absolute atomic E-state index is 5.39. The molecule has 12 rings (SSSR count). The molecule has 0 fully saturated rings. The fraction of sp³-hybridized carbons (Fsp3) is 0.0185. The third-order valence-electron chi connectivity index (χ3n) is 12.1. The van der Waals surface area contributed by atoms with Crippen LogP contribution in [0, 0.1) is 0 Å². The molecule has 10 aromatic rings. The maximum Gasteiger partial charge on any atom is 0.165 e. The molecule has 2 aliphatic carbocycles. The number of hydrogen-bond donors (Lipinski definition) is 0. The van der Waals surface area contributed by atoms with Crippen LogP contribution in [0.3, 0.4) is 0 Å². The molecule has 1 aromatic heterocycles. The van der Waals surface area contributed by atoms with Crippen molar-refractivity contribution in [2.75, 3.05) is 0 Å². The molecule has 0 N–H and O–H groups in total. The van der Waals surface area contributed by atoms with Crippen molar-refractivity contribution >= 4 is 21.5 Å². The van der Waals surface area contributed by atoms with E-state index < -0.39 is 5.41 Å². The Bertz CT molecular complexity index is 3140. The van der Waals surface area contributed by atoms with Crippen LogP contribution in [-0.2, 0) is 5.41 Å². The average molecular weight is 724 g/mol. The zero-order valence-electron chi connectivity index (χ0n) is 30.9. The number of benzene rings is 9. The SMILES string of the molecule is c1ccc(-c2nc(-c3ccccc3)nc(-c3c(-c4cccc5c4-c4ccccc4C54c5ccccc5-c5ccccc54)c4ccccc4c4ccccc34)n2)cc1. The molecule has 1 spiro atoms. The van der Waals surface area contributed by atoms with Gasteiger partial charge in [-0.1, -0.05) is 200 Å². The summed E-state index contributed by atoms with van der Waals surface area (Å²) in [4.78, 5) is 15.9. The summed E-state index contributed by atoms with van der Waals surface area (Å²) in [5.74, 6) is 1.93. The lowest BCUT2D eigenvalue weighted by Gasteiger charge is -2.30. The fourth-order valence-electron chi connectivity index (χ4n) is 9.93. The summed E-state index contributed by atoms with van der Waals surface area (Å²) in [6.45, 7) is 0. The molecule has 57 heavy (non-hydrogen) atoms. The van der Waals surface area contributed by atoms with Gasteiger partial charge in [0.2, 0.25) is 0 Å². The molecule has 9 aromatic carbocycles. The van der Waals surface area contributed by atoms with Gasteiger partial charge in [0.05, 0.1) is 5.41 Å². The highest BCUT2D eigenvalue weighted by atomic mass is 15.0. The summed E-state index contributed by atoms with van der Waals surface area (Å²) in [6, 6.07) is 72.1. The van der Waals surface area contributed by atoms with Crippen molar-refractivity contribution in [3.63, 3.8) is 0 Å². The normalized spacial score (nSPS) is 13.1. The van der Waals surface area contributed by atoms with E-state index in [1.54, 1.807) is 0 Å². The largest absolute Gasteiger partial charge is 0.208 e. The highest BCUT2D eigenvalue weighted by Gasteiger charge is 2.52. The number of nitrogens with zero attached hydrogens (tertiary/aromatic N) is 3. The smallest absolute Gasteiger partial charge is 0.165 e. The van der Waals surface area contributed by atoms with E-state index in [1.165, 1.54) is 55.5 Å². The average Bonchev–Trinajstić information content (AvgIpc) is 3.77. The van der Waals surface area contributed by atoms with Gasteiger partial charge in [-0.2, -0.15) is 0 Å². The number of aromatic nitrogens is 3. The second-order valence-electron chi connectivity index (χ2n) is 15.0. The Balaban J connectivity index is 1.24. The van der Waals surface area contributed by atoms with E-state index in [-0.39, 0.29) is 0 Å². The molecule has 0 amide bonds. The second kappa shape index (κ2) is 12.3. The standard InChI is InChI=1S/C54H33N3/c1-3-18-34(19-4-1)51-55-52(35-20-5-2-6-21-35)57-53(56-51)50-41-27-10-8-23-37(41)36-22-7-9-26-40(36)49(50)43-29-17-33-47-48(43)42-28-13-16-32-46(42)54(47)44-30-14-11-24-38(44)39-25-12-15-31-45(39)54/h1-33H. The Morgan fingerprint density at radius 3 is 1.19 bits per heavy atom.